The molecule has 5 nitrogen and oxygen atoms in total. The molecule has 0 unspecified atom stereocenters. The largest absolute Gasteiger partial charge is 0.321 e. The van der Waals surface area contributed by atoms with Gasteiger partial charge in [0.05, 0.1) is 10.5 Å². The van der Waals surface area contributed by atoms with Gasteiger partial charge < -0.3 is 5.32 Å². The topological polar surface area (TPSA) is 76.1 Å². The zero-order valence-electron chi connectivity index (χ0n) is 17.2. The van der Waals surface area contributed by atoms with Gasteiger partial charge in [0.25, 0.3) is 5.91 Å². The third-order valence-electron chi connectivity index (χ3n) is 4.98. The standard InChI is InChI=1S/C23H24N2O3S/c1-14-10-17(4)22(18(5)11-14)25-23(26)19-7-9-21(24-13-19)29(27,28)20-8-6-15(2)16(3)12-20/h6-13H,1-5H3,(H,25,26). The molecule has 0 aliphatic heterocycles. The highest BCUT2D eigenvalue weighted by Gasteiger charge is 2.20. The van der Waals surface area contributed by atoms with Crippen LogP contribution < -0.4 is 5.32 Å². The molecule has 0 spiro atoms. The maximum Gasteiger partial charge on any atom is 0.257 e. The van der Waals surface area contributed by atoms with Crippen molar-refractivity contribution >= 4 is 21.4 Å². The Morgan fingerprint density at radius 3 is 2.03 bits per heavy atom. The molecule has 0 bridgehead atoms. The van der Waals surface area contributed by atoms with Crippen LogP contribution in [0.15, 0.2) is 58.6 Å². The van der Waals surface area contributed by atoms with Crippen molar-refractivity contribution in [1.29, 1.82) is 0 Å². The summed E-state index contributed by atoms with van der Waals surface area (Å²) in [5.74, 6) is -0.331. The maximum atomic E-state index is 12.8. The van der Waals surface area contributed by atoms with Crippen molar-refractivity contribution in [2.75, 3.05) is 5.32 Å². The van der Waals surface area contributed by atoms with Gasteiger partial charge in [0.2, 0.25) is 9.84 Å². The second kappa shape index (κ2) is 7.79. The van der Waals surface area contributed by atoms with Gasteiger partial charge >= 0.3 is 0 Å². The summed E-state index contributed by atoms with van der Waals surface area (Å²) >= 11 is 0. The van der Waals surface area contributed by atoms with E-state index in [9.17, 15) is 13.2 Å². The molecule has 1 N–H and O–H groups in total. The van der Waals surface area contributed by atoms with E-state index in [-0.39, 0.29) is 15.8 Å². The molecule has 1 heterocycles. The summed E-state index contributed by atoms with van der Waals surface area (Å²) in [6, 6.07) is 11.8. The number of anilines is 1. The molecule has 29 heavy (non-hydrogen) atoms. The van der Waals surface area contributed by atoms with Crippen LogP contribution in [0.1, 0.15) is 38.2 Å². The van der Waals surface area contributed by atoms with Crippen LogP contribution in [0, 0.1) is 34.6 Å². The van der Waals surface area contributed by atoms with Gasteiger partial charge in [0, 0.05) is 11.9 Å². The van der Waals surface area contributed by atoms with Crippen LogP contribution in [0.2, 0.25) is 0 Å². The highest BCUT2D eigenvalue weighted by molar-refractivity contribution is 7.91. The summed E-state index contributed by atoms with van der Waals surface area (Å²) < 4.78 is 25.7. The van der Waals surface area contributed by atoms with Crippen LogP contribution in [-0.2, 0) is 9.84 Å². The van der Waals surface area contributed by atoms with E-state index in [1.165, 1.54) is 18.3 Å². The first-order valence-electron chi connectivity index (χ1n) is 9.27. The number of hydrogen-bond acceptors (Lipinski definition) is 4. The first-order valence-corrected chi connectivity index (χ1v) is 10.8. The Labute approximate surface area is 171 Å². The highest BCUT2D eigenvalue weighted by Crippen LogP contribution is 2.24. The quantitative estimate of drug-likeness (QED) is 0.678. The summed E-state index contributed by atoms with van der Waals surface area (Å²) in [6.45, 7) is 9.67. The monoisotopic (exact) mass is 408 g/mol. The van der Waals surface area contributed by atoms with Crippen LogP contribution in [0.5, 0.6) is 0 Å². The second-order valence-corrected chi connectivity index (χ2v) is 9.26. The molecule has 0 radical (unpaired) electrons. The molecule has 150 valence electrons. The Balaban J connectivity index is 1.86. The number of aromatic nitrogens is 1. The van der Waals surface area contributed by atoms with Gasteiger partial charge in [-0.05, 0) is 81.1 Å². The van der Waals surface area contributed by atoms with Crippen LogP contribution in [0.25, 0.3) is 0 Å². The molecule has 0 atom stereocenters. The van der Waals surface area contributed by atoms with Crippen molar-refractivity contribution < 1.29 is 13.2 Å². The summed E-state index contributed by atoms with van der Waals surface area (Å²) in [6.07, 6.45) is 1.29. The predicted molar refractivity (Wildman–Crippen MR) is 114 cm³/mol. The molecule has 1 amide bonds. The summed E-state index contributed by atoms with van der Waals surface area (Å²) in [7, 11) is -3.74. The first kappa shape index (κ1) is 20.7. The average molecular weight is 409 g/mol. The Hall–Kier alpha value is -2.99. The number of aryl methyl sites for hydroxylation is 5. The number of hydrogen-bond donors (Lipinski definition) is 1. The van der Waals surface area contributed by atoms with E-state index in [0.29, 0.717) is 5.56 Å². The van der Waals surface area contributed by atoms with Gasteiger partial charge in [-0.25, -0.2) is 13.4 Å². The second-order valence-electron chi connectivity index (χ2n) is 7.36. The molecule has 3 aromatic rings. The van der Waals surface area contributed by atoms with Crippen molar-refractivity contribution in [2.24, 2.45) is 0 Å². The minimum Gasteiger partial charge on any atom is -0.321 e. The molecule has 0 aliphatic rings. The minimum absolute atomic E-state index is 0.0833. The molecule has 0 saturated heterocycles. The number of pyridine rings is 1. The lowest BCUT2D eigenvalue weighted by atomic mass is 10.0. The summed E-state index contributed by atoms with van der Waals surface area (Å²) in [5.41, 5.74) is 6.03. The lowest BCUT2D eigenvalue weighted by Gasteiger charge is -2.13. The van der Waals surface area contributed by atoms with E-state index in [1.54, 1.807) is 18.2 Å². The lowest BCUT2D eigenvalue weighted by molar-refractivity contribution is 0.102. The fourth-order valence-corrected chi connectivity index (χ4v) is 4.50. The van der Waals surface area contributed by atoms with Crippen molar-refractivity contribution in [2.45, 2.75) is 44.5 Å². The van der Waals surface area contributed by atoms with Gasteiger partial charge in [-0.3, -0.25) is 4.79 Å². The van der Waals surface area contributed by atoms with E-state index in [1.807, 2.05) is 46.8 Å². The molecule has 1 aromatic heterocycles. The average Bonchev–Trinajstić information content (AvgIpc) is 2.66. The normalized spacial score (nSPS) is 11.3. The zero-order chi connectivity index (χ0) is 21.3. The van der Waals surface area contributed by atoms with Crippen molar-refractivity contribution in [3.05, 3.63) is 82.0 Å². The van der Waals surface area contributed by atoms with Crippen LogP contribution in [0.4, 0.5) is 5.69 Å². The fourth-order valence-electron chi connectivity index (χ4n) is 3.24. The number of carbonyl (C=O) groups excluding carboxylic acids is 1. The number of nitrogens with one attached hydrogen (secondary N) is 1. The fraction of sp³-hybridized carbons (Fsp3) is 0.217. The predicted octanol–water partition coefficient (Wildman–Crippen LogP) is 4.71. The lowest BCUT2D eigenvalue weighted by Crippen LogP contribution is -2.15. The van der Waals surface area contributed by atoms with E-state index < -0.39 is 9.84 Å². The van der Waals surface area contributed by atoms with E-state index in [2.05, 4.69) is 10.3 Å². The minimum atomic E-state index is -3.74. The van der Waals surface area contributed by atoms with Gasteiger partial charge in [-0.1, -0.05) is 23.8 Å². The molecular formula is C23H24N2O3S. The number of rotatable bonds is 4. The number of nitrogens with zero attached hydrogens (tertiary/aromatic N) is 1. The van der Waals surface area contributed by atoms with Crippen molar-refractivity contribution in [3.8, 4) is 0 Å². The summed E-state index contributed by atoms with van der Waals surface area (Å²) in [5, 5.41) is 2.81. The highest BCUT2D eigenvalue weighted by atomic mass is 32.2. The van der Waals surface area contributed by atoms with Gasteiger partial charge in [-0.15, -0.1) is 0 Å². The smallest absolute Gasteiger partial charge is 0.257 e. The zero-order valence-corrected chi connectivity index (χ0v) is 18.0. The van der Waals surface area contributed by atoms with Crippen LogP contribution in [0.3, 0.4) is 0 Å². The molecule has 3 rings (SSSR count). The van der Waals surface area contributed by atoms with Crippen molar-refractivity contribution in [1.82, 2.24) is 4.98 Å². The number of amides is 1. The van der Waals surface area contributed by atoms with E-state index in [0.717, 1.165) is 33.5 Å². The molecular weight excluding hydrogens is 384 g/mol. The molecule has 0 saturated carbocycles. The summed E-state index contributed by atoms with van der Waals surface area (Å²) in [4.78, 5) is 16.9. The van der Waals surface area contributed by atoms with Crippen LogP contribution in [-0.4, -0.2) is 19.3 Å². The third kappa shape index (κ3) is 4.22. The van der Waals surface area contributed by atoms with E-state index >= 15 is 0 Å². The van der Waals surface area contributed by atoms with Crippen molar-refractivity contribution in [3.63, 3.8) is 0 Å². The molecule has 2 aromatic carbocycles. The SMILES string of the molecule is Cc1cc(C)c(NC(=O)c2ccc(S(=O)(=O)c3ccc(C)c(C)c3)nc2)c(C)c1. The van der Waals surface area contributed by atoms with Gasteiger partial charge in [-0.2, -0.15) is 0 Å². The number of sulfone groups is 1. The Bertz CT molecular complexity index is 1170. The number of benzene rings is 2. The van der Waals surface area contributed by atoms with Gasteiger partial charge in [0.15, 0.2) is 5.03 Å². The number of carbonyl (C=O) groups is 1. The molecule has 6 heteroatoms. The van der Waals surface area contributed by atoms with Crippen LogP contribution >= 0.6 is 0 Å². The first-order chi connectivity index (χ1) is 13.6. The van der Waals surface area contributed by atoms with E-state index in [4.69, 9.17) is 0 Å². The maximum absolute atomic E-state index is 12.8. The Kier molecular flexibility index (Phi) is 5.57. The Morgan fingerprint density at radius 2 is 1.48 bits per heavy atom. The molecule has 0 fully saturated rings. The Morgan fingerprint density at radius 1 is 0.828 bits per heavy atom. The van der Waals surface area contributed by atoms with Gasteiger partial charge in [0.1, 0.15) is 0 Å². The molecule has 0 aliphatic carbocycles. The third-order valence-corrected chi connectivity index (χ3v) is 6.64.